The first kappa shape index (κ1) is 13.3. The zero-order valence-electron chi connectivity index (χ0n) is 10.8. The normalized spacial score (nSPS) is 10.3. The fourth-order valence-electron chi connectivity index (χ4n) is 1.78. The van der Waals surface area contributed by atoms with E-state index in [4.69, 9.17) is 16.0 Å². The maximum Gasteiger partial charge on any atom is 0.260 e. The highest BCUT2D eigenvalue weighted by molar-refractivity contribution is 6.32. The molecular formula is C15H10ClN3O2. The second-order valence-corrected chi connectivity index (χ2v) is 4.57. The molecule has 104 valence electrons. The molecule has 0 spiro atoms. The van der Waals surface area contributed by atoms with Crippen LogP contribution in [-0.2, 0) is 0 Å². The number of rotatable bonds is 3. The van der Waals surface area contributed by atoms with Crippen molar-refractivity contribution >= 4 is 23.2 Å². The second kappa shape index (κ2) is 5.76. The Kier molecular flexibility index (Phi) is 3.66. The van der Waals surface area contributed by atoms with Crippen molar-refractivity contribution in [1.29, 1.82) is 0 Å². The Morgan fingerprint density at radius 1 is 1.10 bits per heavy atom. The standard InChI is InChI=1S/C15H10ClN3O2/c16-13-12(6-7-21-13)15(20)19-11-8-17-14(18-9-11)10-4-2-1-3-5-10/h1-9H,(H,19,20). The minimum absolute atomic E-state index is 0.0503. The van der Waals surface area contributed by atoms with Crippen LogP contribution in [0.1, 0.15) is 10.4 Å². The fraction of sp³-hybridized carbons (Fsp3) is 0. The molecule has 5 nitrogen and oxygen atoms in total. The third kappa shape index (κ3) is 2.93. The molecule has 0 bridgehead atoms. The third-order valence-corrected chi connectivity index (χ3v) is 3.10. The van der Waals surface area contributed by atoms with Gasteiger partial charge in [0.25, 0.3) is 5.91 Å². The van der Waals surface area contributed by atoms with Crippen molar-refractivity contribution in [3.05, 3.63) is 65.8 Å². The van der Waals surface area contributed by atoms with Gasteiger partial charge in [-0.3, -0.25) is 4.79 Å². The summed E-state index contributed by atoms with van der Waals surface area (Å²) in [6.45, 7) is 0. The van der Waals surface area contributed by atoms with Crippen LogP contribution in [0, 0.1) is 0 Å². The zero-order valence-corrected chi connectivity index (χ0v) is 11.5. The molecule has 0 aliphatic heterocycles. The highest BCUT2D eigenvalue weighted by atomic mass is 35.5. The Labute approximate surface area is 125 Å². The van der Waals surface area contributed by atoms with Crippen LogP contribution < -0.4 is 5.32 Å². The van der Waals surface area contributed by atoms with Gasteiger partial charge in [0.1, 0.15) is 0 Å². The summed E-state index contributed by atoms with van der Waals surface area (Å²) in [6, 6.07) is 11.1. The maximum absolute atomic E-state index is 11.9. The van der Waals surface area contributed by atoms with Crippen molar-refractivity contribution in [3.8, 4) is 11.4 Å². The summed E-state index contributed by atoms with van der Waals surface area (Å²) in [6.07, 6.45) is 4.44. The molecule has 21 heavy (non-hydrogen) atoms. The summed E-state index contributed by atoms with van der Waals surface area (Å²) in [5.74, 6) is 0.222. The van der Waals surface area contributed by atoms with Gasteiger partial charge in [0.15, 0.2) is 5.82 Å². The average molecular weight is 300 g/mol. The summed E-state index contributed by atoms with van der Waals surface area (Å²) in [5.41, 5.74) is 1.66. The van der Waals surface area contributed by atoms with E-state index in [2.05, 4.69) is 15.3 Å². The molecule has 0 unspecified atom stereocenters. The Hall–Kier alpha value is -2.66. The number of carbonyl (C=O) groups excluding carboxylic acids is 1. The molecule has 1 aromatic carbocycles. The van der Waals surface area contributed by atoms with Gasteiger partial charge >= 0.3 is 0 Å². The van der Waals surface area contributed by atoms with E-state index in [0.717, 1.165) is 5.56 Å². The van der Waals surface area contributed by atoms with Crippen LogP contribution >= 0.6 is 11.6 Å². The van der Waals surface area contributed by atoms with E-state index in [9.17, 15) is 4.79 Å². The third-order valence-electron chi connectivity index (χ3n) is 2.80. The molecule has 6 heteroatoms. The number of hydrogen-bond donors (Lipinski definition) is 1. The number of halogens is 1. The van der Waals surface area contributed by atoms with Gasteiger partial charge in [-0.25, -0.2) is 9.97 Å². The van der Waals surface area contributed by atoms with Crippen molar-refractivity contribution in [2.45, 2.75) is 0 Å². The Morgan fingerprint density at radius 2 is 1.81 bits per heavy atom. The minimum Gasteiger partial charge on any atom is -0.452 e. The lowest BCUT2D eigenvalue weighted by molar-refractivity contribution is 0.102. The molecule has 0 saturated carbocycles. The van der Waals surface area contributed by atoms with Gasteiger partial charge in [-0.05, 0) is 17.7 Å². The lowest BCUT2D eigenvalue weighted by Crippen LogP contribution is -2.11. The summed E-state index contributed by atoms with van der Waals surface area (Å²) in [4.78, 5) is 20.4. The van der Waals surface area contributed by atoms with E-state index in [1.807, 2.05) is 30.3 Å². The van der Waals surface area contributed by atoms with Crippen LogP contribution in [0.5, 0.6) is 0 Å². The highest BCUT2D eigenvalue weighted by Gasteiger charge is 2.13. The molecule has 2 heterocycles. The number of hydrogen-bond acceptors (Lipinski definition) is 4. The first-order valence-corrected chi connectivity index (χ1v) is 6.53. The Bertz CT molecular complexity index is 754. The Morgan fingerprint density at radius 3 is 2.43 bits per heavy atom. The maximum atomic E-state index is 11.9. The van der Waals surface area contributed by atoms with Crippen LogP contribution in [0.3, 0.4) is 0 Å². The molecule has 2 aromatic heterocycles. The number of amides is 1. The summed E-state index contributed by atoms with van der Waals surface area (Å²) in [7, 11) is 0. The largest absolute Gasteiger partial charge is 0.452 e. The van der Waals surface area contributed by atoms with Gasteiger partial charge in [-0.1, -0.05) is 30.3 Å². The number of nitrogens with one attached hydrogen (secondary N) is 1. The topological polar surface area (TPSA) is 68.0 Å². The molecule has 0 radical (unpaired) electrons. The van der Waals surface area contributed by atoms with Crippen LogP contribution in [0.15, 0.2) is 59.5 Å². The van der Waals surface area contributed by atoms with E-state index in [1.165, 1.54) is 12.3 Å². The van der Waals surface area contributed by atoms with Crippen LogP contribution in [-0.4, -0.2) is 15.9 Å². The summed E-state index contributed by atoms with van der Waals surface area (Å²) >= 11 is 5.75. The van der Waals surface area contributed by atoms with Crippen LogP contribution in [0.2, 0.25) is 5.22 Å². The number of aromatic nitrogens is 2. The van der Waals surface area contributed by atoms with Gasteiger partial charge < -0.3 is 9.73 Å². The SMILES string of the molecule is O=C(Nc1cnc(-c2ccccc2)nc1)c1ccoc1Cl. The molecule has 0 fully saturated rings. The quantitative estimate of drug-likeness (QED) is 0.801. The Balaban J connectivity index is 1.76. The lowest BCUT2D eigenvalue weighted by atomic mass is 10.2. The molecule has 3 rings (SSSR count). The molecule has 0 aliphatic rings. The van der Waals surface area contributed by atoms with Gasteiger partial charge in [-0.2, -0.15) is 0 Å². The summed E-state index contributed by atoms with van der Waals surface area (Å²) in [5, 5.41) is 2.71. The highest BCUT2D eigenvalue weighted by Crippen LogP contribution is 2.19. The van der Waals surface area contributed by atoms with Crippen LogP contribution in [0.4, 0.5) is 5.69 Å². The zero-order chi connectivity index (χ0) is 14.7. The van der Waals surface area contributed by atoms with E-state index in [0.29, 0.717) is 11.5 Å². The van der Waals surface area contributed by atoms with E-state index in [1.54, 1.807) is 12.4 Å². The number of carbonyl (C=O) groups is 1. The number of anilines is 1. The minimum atomic E-state index is -0.371. The van der Waals surface area contributed by atoms with E-state index in [-0.39, 0.29) is 16.7 Å². The van der Waals surface area contributed by atoms with Gasteiger partial charge in [0, 0.05) is 5.56 Å². The molecule has 0 saturated heterocycles. The molecule has 1 N–H and O–H groups in total. The molecule has 0 aliphatic carbocycles. The first-order chi connectivity index (χ1) is 10.2. The fourth-order valence-corrected chi connectivity index (χ4v) is 1.98. The second-order valence-electron chi connectivity index (χ2n) is 4.22. The van der Waals surface area contributed by atoms with Gasteiger partial charge in [0.05, 0.1) is 29.9 Å². The molecule has 0 atom stereocenters. The van der Waals surface area contributed by atoms with E-state index >= 15 is 0 Å². The molecular weight excluding hydrogens is 290 g/mol. The van der Waals surface area contributed by atoms with Crippen molar-refractivity contribution in [1.82, 2.24) is 9.97 Å². The van der Waals surface area contributed by atoms with Crippen molar-refractivity contribution in [2.75, 3.05) is 5.32 Å². The lowest BCUT2D eigenvalue weighted by Gasteiger charge is -2.04. The van der Waals surface area contributed by atoms with E-state index < -0.39 is 0 Å². The number of furan rings is 1. The average Bonchev–Trinajstić information content (AvgIpc) is 2.95. The smallest absolute Gasteiger partial charge is 0.260 e. The monoisotopic (exact) mass is 299 g/mol. The van der Waals surface area contributed by atoms with Crippen molar-refractivity contribution in [3.63, 3.8) is 0 Å². The predicted octanol–water partition coefficient (Wildman–Crippen LogP) is 3.64. The molecule has 3 aromatic rings. The molecule has 1 amide bonds. The van der Waals surface area contributed by atoms with Gasteiger partial charge in [0.2, 0.25) is 5.22 Å². The number of benzene rings is 1. The van der Waals surface area contributed by atoms with Crippen molar-refractivity contribution < 1.29 is 9.21 Å². The van der Waals surface area contributed by atoms with Gasteiger partial charge in [-0.15, -0.1) is 0 Å². The number of nitrogens with zero attached hydrogens (tertiary/aromatic N) is 2. The predicted molar refractivity (Wildman–Crippen MR) is 79.1 cm³/mol. The van der Waals surface area contributed by atoms with Crippen LogP contribution in [0.25, 0.3) is 11.4 Å². The van der Waals surface area contributed by atoms with Crippen molar-refractivity contribution in [2.24, 2.45) is 0 Å². The summed E-state index contributed by atoms with van der Waals surface area (Å²) < 4.78 is 4.87. The first-order valence-electron chi connectivity index (χ1n) is 6.16.